The van der Waals surface area contributed by atoms with Gasteiger partial charge >= 0.3 is 0 Å². The van der Waals surface area contributed by atoms with Crippen LogP contribution in [-0.4, -0.2) is 15.0 Å². The van der Waals surface area contributed by atoms with Gasteiger partial charge in [-0.15, -0.1) is 19.7 Å². The molecule has 4 aromatic rings. The highest BCUT2D eigenvalue weighted by atomic mass is 15.0. The van der Waals surface area contributed by atoms with Crippen molar-refractivity contribution in [2.75, 3.05) is 0 Å². The molecule has 0 saturated carbocycles. The zero-order valence-corrected chi connectivity index (χ0v) is 19.6. The van der Waals surface area contributed by atoms with Gasteiger partial charge in [0.2, 0.25) is 0 Å². The summed E-state index contributed by atoms with van der Waals surface area (Å²) in [6.07, 6.45) is 1.75. The Balaban J connectivity index is 0.000000662. The van der Waals surface area contributed by atoms with Crippen LogP contribution < -0.4 is 0 Å². The molecule has 1 aromatic heterocycles. The van der Waals surface area contributed by atoms with Crippen LogP contribution in [0.3, 0.4) is 0 Å². The second-order valence-electron chi connectivity index (χ2n) is 6.31. The van der Waals surface area contributed by atoms with Gasteiger partial charge in [-0.25, -0.2) is 15.0 Å². The quantitative estimate of drug-likeness (QED) is 0.312. The van der Waals surface area contributed by atoms with E-state index in [1.165, 1.54) is 5.56 Å². The van der Waals surface area contributed by atoms with E-state index < -0.39 is 0 Å². The minimum absolute atomic E-state index is 0.685. The molecule has 0 fully saturated rings. The minimum Gasteiger partial charge on any atom is -0.208 e. The maximum atomic E-state index is 4.71. The third-order valence-corrected chi connectivity index (χ3v) is 4.01. The van der Waals surface area contributed by atoms with Crippen molar-refractivity contribution in [2.24, 2.45) is 0 Å². The van der Waals surface area contributed by atoms with Gasteiger partial charge in [-0.05, 0) is 13.8 Å². The minimum atomic E-state index is 0.685. The highest BCUT2D eigenvalue weighted by molar-refractivity contribution is 5.66. The molecule has 3 aromatic carbocycles. The van der Waals surface area contributed by atoms with Gasteiger partial charge in [-0.3, -0.25) is 0 Å². The maximum Gasteiger partial charge on any atom is 0.164 e. The Hall–Kier alpha value is -3.85. The molecule has 0 N–H and O–H groups in total. The number of hydrogen-bond donors (Lipinski definition) is 0. The number of benzene rings is 3. The molecule has 0 saturated heterocycles. The summed E-state index contributed by atoms with van der Waals surface area (Å²) in [7, 11) is 0. The van der Waals surface area contributed by atoms with Gasteiger partial charge in [0.15, 0.2) is 17.5 Å². The van der Waals surface area contributed by atoms with Crippen molar-refractivity contribution in [3.8, 4) is 34.2 Å². The van der Waals surface area contributed by atoms with E-state index in [4.69, 9.17) is 15.0 Å². The molecule has 1 heterocycles. The van der Waals surface area contributed by atoms with Crippen LogP contribution >= 0.6 is 0 Å². The summed E-state index contributed by atoms with van der Waals surface area (Å²) in [6, 6.07) is 28.3. The Morgan fingerprint density at radius 2 is 0.844 bits per heavy atom. The lowest BCUT2D eigenvalue weighted by Gasteiger charge is -2.08. The standard InChI is InChI=1S/C22H17N3.C3H6.C2H6.C2H4/c1-16-12-14-19(15-13-16)22-24-20(17-8-4-2-5-9-17)23-21(25-22)18-10-6-3-7-11-18;1-3-2;2*1-2/h2-15H,1H3;3H,1H2,2H3;1-2H3;1-2H2. The van der Waals surface area contributed by atoms with Crippen molar-refractivity contribution in [3.63, 3.8) is 0 Å². The van der Waals surface area contributed by atoms with E-state index in [2.05, 4.69) is 38.8 Å². The van der Waals surface area contributed by atoms with Crippen LogP contribution in [0.1, 0.15) is 26.3 Å². The zero-order chi connectivity index (χ0) is 23.8. The van der Waals surface area contributed by atoms with Crippen LogP contribution in [0.25, 0.3) is 34.2 Å². The molecule has 0 spiro atoms. The summed E-state index contributed by atoms with van der Waals surface area (Å²) in [6.45, 7) is 17.3. The largest absolute Gasteiger partial charge is 0.208 e. The van der Waals surface area contributed by atoms with E-state index in [1.807, 2.05) is 93.6 Å². The lowest BCUT2D eigenvalue weighted by atomic mass is 10.1. The molecule has 3 heteroatoms. The third kappa shape index (κ3) is 7.77. The number of hydrogen-bond acceptors (Lipinski definition) is 3. The van der Waals surface area contributed by atoms with Crippen molar-refractivity contribution in [2.45, 2.75) is 27.7 Å². The summed E-state index contributed by atoms with van der Waals surface area (Å²) in [5, 5.41) is 0. The molecule has 164 valence electrons. The van der Waals surface area contributed by atoms with Crippen LogP contribution in [0.5, 0.6) is 0 Å². The number of aromatic nitrogens is 3. The third-order valence-electron chi connectivity index (χ3n) is 4.01. The second kappa shape index (κ2) is 15.0. The van der Waals surface area contributed by atoms with E-state index in [-0.39, 0.29) is 0 Å². The predicted octanol–water partition coefficient (Wildman–Crippen LogP) is 8.20. The maximum absolute atomic E-state index is 4.71. The molecule has 3 nitrogen and oxygen atoms in total. The van der Waals surface area contributed by atoms with Crippen molar-refractivity contribution >= 4 is 0 Å². The second-order valence-corrected chi connectivity index (χ2v) is 6.31. The molecule has 0 aliphatic carbocycles. The molecule has 0 aliphatic rings. The van der Waals surface area contributed by atoms with E-state index in [9.17, 15) is 0 Å². The Morgan fingerprint density at radius 1 is 0.562 bits per heavy atom. The van der Waals surface area contributed by atoms with Crippen molar-refractivity contribution < 1.29 is 0 Å². The summed E-state index contributed by atoms with van der Waals surface area (Å²) in [5.41, 5.74) is 4.16. The molecule has 4 rings (SSSR count). The highest BCUT2D eigenvalue weighted by Gasteiger charge is 2.11. The van der Waals surface area contributed by atoms with E-state index in [0.29, 0.717) is 17.5 Å². The van der Waals surface area contributed by atoms with Crippen molar-refractivity contribution in [1.29, 1.82) is 0 Å². The first-order valence-electron chi connectivity index (χ1n) is 10.7. The average molecular weight is 424 g/mol. The molecule has 0 aliphatic heterocycles. The molecular weight excluding hydrogens is 390 g/mol. The fraction of sp³-hybridized carbons (Fsp3) is 0.138. The van der Waals surface area contributed by atoms with Gasteiger partial charge in [0, 0.05) is 16.7 Å². The van der Waals surface area contributed by atoms with Crippen LogP contribution in [-0.2, 0) is 0 Å². The lowest BCUT2D eigenvalue weighted by molar-refractivity contribution is 1.07. The monoisotopic (exact) mass is 423 g/mol. The molecule has 0 radical (unpaired) electrons. The molecule has 0 atom stereocenters. The zero-order valence-electron chi connectivity index (χ0n) is 19.6. The molecule has 32 heavy (non-hydrogen) atoms. The van der Waals surface area contributed by atoms with Gasteiger partial charge in [-0.1, -0.05) is 110 Å². The van der Waals surface area contributed by atoms with Gasteiger partial charge < -0.3 is 0 Å². The van der Waals surface area contributed by atoms with E-state index in [0.717, 1.165) is 16.7 Å². The molecular formula is C29H33N3. The normalized spacial score (nSPS) is 9.00. The summed E-state index contributed by atoms with van der Waals surface area (Å²) >= 11 is 0. The number of nitrogens with zero attached hydrogens (tertiary/aromatic N) is 3. The fourth-order valence-electron chi connectivity index (χ4n) is 2.64. The smallest absolute Gasteiger partial charge is 0.164 e. The molecule has 0 unspecified atom stereocenters. The van der Waals surface area contributed by atoms with Gasteiger partial charge in [0.1, 0.15) is 0 Å². The topological polar surface area (TPSA) is 38.7 Å². The Labute approximate surface area is 193 Å². The van der Waals surface area contributed by atoms with Gasteiger partial charge in [0.25, 0.3) is 0 Å². The number of aryl methyl sites for hydroxylation is 1. The average Bonchev–Trinajstić information content (AvgIpc) is 2.88. The van der Waals surface area contributed by atoms with Gasteiger partial charge in [0.05, 0.1) is 0 Å². The number of rotatable bonds is 3. The Bertz CT molecular complexity index is 983. The fourth-order valence-corrected chi connectivity index (χ4v) is 2.64. The summed E-state index contributed by atoms with van der Waals surface area (Å²) < 4.78 is 0. The van der Waals surface area contributed by atoms with E-state index >= 15 is 0 Å². The first kappa shape index (κ1) is 26.2. The van der Waals surface area contributed by atoms with Gasteiger partial charge in [-0.2, -0.15) is 0 Å². The Kier molecular flexibility index (Phi) is 12.3. The van der Waals surface area contributed by atoms with Crippen molar-refractivity contribution in [1.82, 2.24) is 15.0 Å². The molecule has 0 bridgehead atoms. The molecule has 0 amide bonds. The summed E-state index contributed by atoms with van der Waals surface area (Å²) in [5.74, 6) is 2.06. The first-order chi connectivity index (χ1) is 15.7. The van der Waals surface area contributed by atoms with Crippen LogP contribution in [0.15, 0.2) is 111 Å². The van der Waals surface area contributed by atoms with Crippen LogP contribution in [0.4, 0.5) is 0 Å². The van der Waals surface area contributed by atoms with Crippen LogP contribution in [0.2, 0.25) is 0 Å². The Morgan fingerprint density at radius 3 is 1.16 bits per heavy atom. The highest BCUT2D eigenvalue weighted by Crippen LogP contribution is 2.24. The van der Waals surface area contributed by atoms with E-state index in [1.54, 1.807) is 6.08 Å². The number of allylic oxidation sites excluding steroid dienone is 1. The lowest BCUT2D eigenvalue weighted by Crippen LogP contribution is -2.00. The summed E-state index contributed by atoms with van der Waals surface area (Å²) in [4.78, 5) is 14.1. The SMILES string of the molecule is C=C.C=CC.CC.Cc1ccc(-c2nc(-c3ccccc3)nc(-c3ccccc3)n2)cc1. The van der Waals surface area contributed by atoms with Crippen molar-refractivity contribution in [3.05, 3.63) is 116 Å². The first-order valence-corrected chi connectivity index (χ1v) is 10.7. The van der Waals surface area contributed by atoms with Crippen LogP contribution in [0, 0.1) is 6.92 Å². The predicted molar refractivity (Wildman–Crippen MR) is 139 cm³/mol.